The number of carbonyl (C=O) groups excluding carboxylic acids is 1. The average Bonchev–Trinajstić information content (AvgIpc) is 3.36. The van der Waals surface area contributed by atoms with Crippen LogP contribution in [0.3, 0.4) is 0 Å². The van der Waals surface area contributed by atoms with Gasteiger partial charge < -0.3 is 9.88 Å². The molecule has 0 spiro atoms. The zero-order valence-corrected chi connectivity index (χ0v) is 14.9. The molecule has 0 unspecified atom stereocenters. The van der Waals surface area contributed by atoms with Gasteiger partial charge >= 0.3 is 0 Å². The highest BCUT2D eigenvalue weighted by Crippen LogP contribution is 2.28. The van der Waals surface area contributed by atoms with E-state index in [1.807, 2.05) is 39.3 Å². The van der Waals surface area contributed by atoms with Gasteiger partial charge in [-0.1, -0.05) is 6.08 Å². The highest BCUT2D eigenvalue weighted by atomic mass is 32.1. The van der Waals surface area contributed by atoms with Crippen molar-refractivity contribution >= 4 is 38.8 Å². The molecule has 0 bridgehead atoms. The number of H-pyrrole nitrogens is 1. The van der Waals surface area contributed by atoms with Crippen LogP contribution in [-0.2, 0) is 11.2 Å². The van der Waals surface area contributed by atoms with Gasteiger partial charge in [-0.2, -0.15) is 0 Å². The van der Waals surface area contributed by atoms with Gasteiger partial charge in [0.05, 0.1) is 12.1 Å². The molecular formula is C19H17N5OS. The molecule has 0 atom stereocenters. The lowest BCUT2D eigenvalue weighted by atomic mass is 9.99. The van der Waals surface area contributed by atoms with Gasteiger partial charge in [-0.05, 0) is 24.1 Å². The first kappa shape index (κ1) is 15.3. The van der Waals surface area contributed by atoms with E-state index >= 15 is 0 Å². The van der Waals surface area contributed by atoms with Crippen LogP contribution < -0.4 is 0 Å². The molecule has 0 saturated heterocycles. The first-order valence-corrected chi connectivity index (χ1v) is 9.46. The van der Waals surface area contributed by atoms with Crippen molar-refractivity contribution in [2.24, 2.45) is 0 Å². The monoisotopic (exact) mass is 363 g/mol. The number of pyridine rings is 1. The van der Waals surface area contributed by atoms with Gasteiger partial charge in [-0.25, -0.2) is 9.97 Å². The number of aromatic nitrogens is 4. The second kappa shape index (κ2) is 6.10. The van der Waals surface area contributed by atoms with Gasteiger partial charge in [0.15, 0.2) is 4.96 Å². The summed E-state index contributed by atoms with van der Waals surface area (Å²) in [7, 11) is 0. The van der Waals surface area contributed by atoms with Gasteiger partial charge in [0.1, 0.15) is 5.65 Å². The van der Waals surface area contributed by atoms with Crippen molar-refractivity contribution in [3.05, 3.63) is 59.6 Å². The molecule has 0 radical (unpaired) electrons. The minimum Gasteiger partial charge on any atom is -0.346 e. The van der Waals surface area contributed by atoms with E-state index in [1.54, 1.807) is 17.5 Å². The zero-order valence-electron chi connectivity index (χ0n) is 14.1. The van der Waals surface area contributed by atoms with Crippen LogP contribution in [0.4, 0.5) is 0 Å². The maximum atomic E-state index is 12.6. The molecule has 26 heavy (non-hydrogen) atoms. The molecule has 1 amide bonds. The number of rotatable bonds is 3. The van der Waals surface area contributed by atoms with E-state index in [9.17, 15) is 4.79 Å². The lowest BCUT2D eigenvalue weighted by molar-refractivity contribution is -0.130. The predicted molar refractivity (Wildman–Crippen MR) is 102 cm³/mol. The number of imidazole rings is 1. The van der Waals surface area contributed by atoms with Crippen molar-refractivity contribution in [1.82, 2.24) is 24.3 Å². The number of hydrogen-bond acceptors (Lipinski definition) is 4. The SMILES string of the molecule is O=C(Cc1cn2ccsc2n1)N1CC=C(c2c[nH]c3ncccc23)CC1. The molecule has 0 fully saturated rings. The molecule has 4 aromatic rings. The van der Waals surface area contributed by atoms with Crippen LogP contribution in [0.1, 0.15) is 17.7 Å². The second-order valence-corrected chi connectivity index (χ2v) is 7.30. The Hall–Kier alpha value is -2.93. The molecule has 5 rings (SSSR count). The summed E-state index contributed by atoms with van der Waals surface area (Å²) in [6, 6.07) is 4.03. The first-order valence-electron chi connectivity index (χ1n) is 8.58. The van der Waals surface area contributed by atoms with Crippen LogP contribution >= 0.6 is 11.3 Å². The average molecular weight is 363 g/mol. The lowest BCUT2D eigenvalue weighted by Gasteiger charge is -2.26. The van der Waals surface area contributed by atoms with Crippen LogP contribution in [0.15, 0.2) is 48.4 Å². The fourth-order valence-corrected chi connectivity index (χ4v) is 4.21. The van der Waals surface area contributed by atoms with E-state index in [1.165, 1.54) is 11.1 Å². The number of thiazole rings is 1. The van der Waals surface area contributed by atoms with E-state index in [4.69, 9.17) is 0 Å². The Morgan fingerprint density at radius 3 is 3.19 bits per heavy atom. The van der Waals surface area contributed by atoms with Gasteiger partial charge in [0.25, 0.3) is 0 Å². The molecule has 0 aliphatic carbocycles. The fourth-order valence-electron chi connectivity index (χ4n) is 3.49. The summed E-state index contributed by atoms with van der Waals surface area (Å²) in [6.07, 6.45) is 11.1. The number of nitrogens with zero attached hydrogens (tertiary/aromatic N) is 4. The fraction of sp³-hybridized carbons (Fsp3) is 0.211. The van der Waals surface area contributed by atoms with Crippen LogP contribution in [0.5, 0.6) is 0 Å². The normalized spacial score (nSPS) is 14.9. The number of fused-ring (bicyclic) bond motifs is 2. The smallest absolute Gasteiger partial charge is 0.228 e. The molecular weight excluding hydrogens is 346 g/mol. The van der Waals surface area contributed by atoms with E-state index in [0.717, 1.165) is 34.7 Å². The summed E-state index contributed by atoms with van der Waals surface area (Å²) in [5.41, 5.74) is 4.20. The van der Waals surface area contributed by atoms with Gasteiger partial charge in [-0.15, -0.1) is 11.3 Å². The molecule has 1 aliphatic heterocycles. The Labute approximate surface area is 153 Å². The summed E-state index contributed by atoms with van der Waals surface area (Å²) in [4.78, 5) is 27.5. The minimum absolute atomic E-state index is 0.131. The standard InChI is InChI=1S/C19H17N5OS/c25-17(10-14-12-24-8-9-26-19(24)22-14)23-6-3-13(4-7-23)16-11-21-18-15(16)2-1-5-20-18/h1-3,5,8-9,11-12H,4,6-7,10H2,(H,20,21). The summed E-state index contributed by atoms with van der Waals surface area (Å²) >= 11 is 1.58. The molecule has 0 saturated carbocycles. The molecule has 6 nitrogen and oxygen atoms in total. The Balaban J connectivity index is 1.31. The third-order valence-corrected chi connectivity index (χ3v) is 5.61. The molecule has 5 heterocycles. The van der Waals surface area contributed by atoms with E-state index in [-0.39, 0.29) is 5.91 Å². The topological polar surface area (TPSA) is 66.3 Å². The lowest BCUT2D eigenvalue weighted by Crippen LogP contribution is -2.35. The molecule has 1 N–H and O–H groups in total. The highest BCUT2D eigenvalue weighted by molar-refractivity contribution is 7.15. The van der Waals surface area contributed by atoms with Crippen LogP contribution in [0, 0.1) is 0 Å². The van der Waals surface area contributed by atoms with Crippen molar-refractivity contribution in [2.45, 2.75) is 12.8 Å². The third-order valence-electron chi connectivity index (χ3n) is 4.83. The Morgan fingerprint density at radius 1 is 1.38 bits per heavy atom. The van der Waals surface area contributed by atoms with Crippen molar-refractivity contribution in [1.29, 1.82) is 0 Å². The summed E-state index contributed by atoms with van der Waals surface area (Å²) in [5.74, 6) is 0.131. The third kappa shape index (κ3) is 2.61. The minimum atomic E-state index is 0.131. The van der Waals surface area contributed by atoms with E-state index in [2.05, 4.69) is 27.1 Å². The van der Waals surface area contributed by atoms with E-state index in [0.29, 0.717) is 13.0 Å². The highest BCUT2D eigenvalue weighted by Gasteiger charge is 2.20. The van der Waals surface area contributed by atoms with Crippen LogP contribution in [0.2, 0.25) is 0 Å². The Morgan fingerprint density at radius 2 is 2.35 bits per heavy atom. The molecule has 130 valence electrons. The number of carbonyl (C=O) groups is 1. The predicted octanol–water partition coefficient (Wildman–Crippen LogP) is 3.13. The summed E-state index contributed by atoms with van der Waals surface area (Å²) < 4.78 is 1.96. The van der Waals surface area contributed by atoms with Crippen molar-refractivity contribution in [2.75, 3.05) is 13.1 Å². The largest absolute Gasteiger partial charge is 0.346 e. The number of amides is 1. The van der Waals surface area contributed by atoms with Gasteiger partial charge in [0, 0.05) is 54.2 Å². The first-order chi connectivity index (χ1) is 12.8. The Bertz CT molecular complexity index is 1110. The molecule has 1 aliphatic rings. The summed E-state index contributed by atoms with van der Waals surface area (Å²) in [6.45, 7) is 1.38. The number of aromatic amines is 1. The quantitative estimate of drug-likeness (QED) is 0.608. The zero-order chi connectivity index (χ0) is 17.5. The van der Waals surface area contributed by atoms with Crippen LogP contribution in [0.25, 0.3) is 21.6 Å². The summed E-state index contributed by atoms with van der Waals surface area (Å²) in [5, 5.41) is 3.13. The van der Waals surface area contributed by atoms with Gasteiger partial charge in [-0.3, -0.25) is 9.20 Å². The van der Waals surface area contributed by atoms with Crippen LogP contribution in [-0.4, -0.2) is 43.2 Å². The second-order valence-electron chi connectivity index (χ2n) is 6.42. The van der Waals surface area contributed by atoms with Crippen molar-refractivity contribution < 1.29 is 4.79 Å². The molecule has 4 aromatic heterocycles. The maximum Gasteiger partial charge on any atom is 0.228 e. The molecule has 7 heteroatoms. The molecule has 0 aromatic carbocycles. The van der Waals surface area contributed by atoms with Crippen molar-refractivity contribution in [3.63, 3.8) is 0 Å². The Kier molecular flexibility index (Phi) is 3.60. The maximum absolute atomic E-state index is 12.6. The van der Waals surface area contributed by atoms with Crippen molar-refractivity contribution in [3.8, 4) is 0 Å². The van der Waals surface area contributed by atoms with E-state index < -0.39 is 0 Å². The number of nitrogens with one attached hydrogen (secondary N) is 1. The van der Waals surface area contributed by atoms with Gasteiger partial charge in [0.2, 0.25) is 5.91 Å². The number of hydrogen-bond donors (Lipinski definition) is 1.